The monoisotopic (exact) mass is 366 g/mol. The number of aliphatic carboxylic acids is 1. The van der Waals surface area contributed by atoms with Crippen LogP contribution in [0.25, 0.3) is 0 Å². The van der Waals surface area contributed by atoms with Crippen molar-refractivity contribution in [2.24, 2.45) is 11.5 Å². The van der Waals surface area contributed by atoms with E-state index >= 15 is 0 Å². The Balaban J connectivity index is 4.69. The highest BCUT2D eigenvalue weighted by atomic mass is 32.2. The van der Waals surface area contributed by atoms with Gasteiger partial charge in [-0.05, 0) is 18.4 Å². The van der Waals surface area contributed by atoms with E-state index in [1.54, 1.807) is 0 Å². The fourth-order valence-corrected chi connectivity index (χ4v) is 2.28. The number of hydrogen-bond acceptors (Lipinski definition) is 7. The van der Waals surface area contributed by atoms with E-state index in [0.717, 1.165) is 0 Å². The Kier molecular flexibility index (Phi) is 10.4. The maximum atomic E-state index is 12.1. The van der Waals surface area contributed by atoms with E-state index in [1.807, 2.05) is 6.26 Å². The fraction of sp³-hybridized carbons (Fsp3) is 0.667. The molecule has 0 heterocycles. The first-order valence-electron chi connectivity index (χ1n) is 6.70. The van der Waals surface area contributed by atoms with Crippen LogP contribution in [0.15, 0.2) is 0 Å². The molecule has 0 aliphatic carbocycles. The van der Waals surface area contributed by atoms with Gasteiger partial charge in [-0.1, -0.05) is 0 Å². The van der Waals surface area contributed by atoms with Crippen LogP contribution in [0, 0.1) is 0 Å². The summed E-state index contributed by atoms with van der Waals surface area (Å²) in [6.45, 7) is 0. The molecule has 9 nitrogen and oxygen atoms in total. The first kappa shape index (κ1) is 21.5. The number of carbonyl (C=O) groups is 4. The van der Waals surface area contributed by atoms with Crippen molar-refractivity contribution in [2.45, 2.75) is 31.0 Å². The molecule has 0 unspecified atom stereocenters. The minimum Gasteiger partial charge on any atom is -0.480 e. The molecule has 23 heavy (non-hydrogen) atoms. The van der Waals surface area contributed by atoms with Gasteiger partial charge in [-0.2, -0.15) is 24.4 Å². The van der Waals surface area contributed by atoms with Crippen LogP contribution in [0.4, 0.5) is 0 Å². The molecular formula is C12H22N4O5S2. The van der Waals surface area contributed by atoms with Crippen LogP contribution in [0.3, 0.4) is 0 Å². The second-order valence-electron chi connectivity index (χ2n) is 4.70. The molecule has 11 heteroatoms. The third-order valence-corrected chi connectivity index (χ3v) is 3.81. The number of carboxylic acids is 1. The zero-order valence-corrected chi connectivity index (χ0v) is 14.4. The van der Waals surface area contributed by atoms with Crippen LogP contribution in [0.2, 0.25) is 0 Å². The van der Waals surface area contributed by atoms with Crippen LogP contribution in [0.1, 0.15) is 12.8 Å². The van der Waals surface area contributed by atoms with Gasteiger partial charge in [-0.15, -0.1) is 0 Å². The summed E-state index contributed by atoms with van der Waals surface area (Å²) in [5.41, 5.74) is 10.4. The molecule has 0 aromatic heterocycles. The topological polar surface area (TPSA) is 165 Å². The average Bonchev–Trinajstić information content (AvgIpc) is 2.47. The quantitative estimate of drug-likeness (QED) is 0.228. The number of hydrogen-bond donors (Lipinski definition) is 6. The molecule has 132 valence electrons. The molecule has 7 N–H and O–H groups in total. The van der Waals surface area contributed by atoms with Gasteiger partial charge in [-0.25, -0.2) is 4.79 Å². The predicted molar refractivity (Wildman–Crippen MR) is 90.1 cm³/mol. The maximum Gasteiger partial charge on any atom is 0.326 e. The number of rotatable bonds is 11. The molecule has 0 radical (unpaired) electrons. The molecule has 0 aromatic carbocycles. The van der Waals surface area contributed by atoms with E-state index in [-0.39, 0.29) is 18.6 Å². The lowest BCUT2D eigenvalue weighted by atomic mass is 10.1. The van der Waals surface area contributed by atoms with E-state index in [4.69, 9.17) is 16.6 Å². The Morgan fingerprint density at radius 2 is 1.74 bits per heavy atom. The van der Waals surface area contributed by atoms with Gasteiger partial charge in [0.2, 0.25) is 17.7 Å². The number of thiol groups is 1. The van der Waals surface area contributed by atoms with Crippen molar-refractivity contribution in [1.29, 1.82) is 0 Å². The average molecular weight is 366 g/mol. The molecule has 0 rings (SSSR count). The maximum absolute atomic E-state index is 12.1. The third kappa shape index (κ3) is 8.67. The summed E-state index contributed by atoms with van der Waals surface area (Å²) in [6.07, 6.45) is 1.70. The Bertz CT molecular complexity index is 449. The zero-order valence-electron chi connectivity index (χ0n) is 12.7. The zero-order chi connectivity index (χ0) is 18.0. The number of primary amides is 1. The van der Waals surface area contributed by atoms with E-state index in [9.17, 15) is 19.2 Å². The smallest absolute Gasteiger partial charge is 0.326 e. The molecule has 0 saturated carbocycles. The molecule has 3 amide bonds. The summed E-state index contributed by atoms with van der Waals surface area (Å²) in [4.78, 5) is 45.6. The highest BCUT2D eigenvalue weighted by Gasteiger charge is 2.27. The molecule has 0 spiro atoms. The van der Waals surface area contributed by atoms with E-state index in [0.29, 0.717) is 5.75 Å². The summed E-state index contributed by atoms with van der Waals surface area (Å²) in [5, 5.41) is 13.7. The van der Waals surface area contributed by atoms with Crippen LogP contribution < -0.4 is 22.1 Å². The fourth-order valence-electron chi connectivity index (χ4n) is 1.55. The summed E-state index contributed by atoms with van der Waals surface area (Å²) in [6, 6.07) is -3.32. The Morgan fingerprint density at radius 3 is 2.17 bits per heavy atom. The van der Waals surface area contributed by atoms with E-state index in [2.05, 4.69) is 23.3 Å². The van der Waals surface area contributed by atoms with Gasteiger partial charge in [0.25, 0.3) is 0 Å². The van der Waals surface area contributed by atoms with Gasteiger partial charge in [0.1, 0.15) is 12.1 Å². The molecule has 0 fully saturated rings. The molecule has 0 bridgehead atoms. The third-order valence-electron chi connectivity index (χ3n) is 2.80. The predicted octanol–water partition coefficient (Wildman–Crippen LogP) is -2.07. The molecular weight excluding hydrogens is 344 g/mol. The second-order valence-corrected chi connectivity index (χ2v) is 6.05. The van der Waals surface area contributed by atoms with Gasteiger partial charge < -0.3 is 27.2 Å². The van der Waals surface area contributed by atoms with Gasteiger partial charge in [-0.3, -0.25) is 14.4 Å². The molecule has 0 aromatic rings. The Morgan fingerprint density at radius 1 is 1.17 bits per heavy atom. The van der Waals surface area contributed by atoms with Crippen molar-refractivity contribution in [2.75, 3.05) is 17.8 Å². The minimum absolute atomic E-state index is 0.0598. The highest BCUT2D eigenvalue weighted by molar-refractivity contribution is 7.98. The number of nitrogens with two attached hydrogens (primary N) is 2. The first-order chi connectivity index (χ1) is 10.7. The van der Waals surface area contributed by atoms with Crippen LogP contribution >= 0.6 is 24.4 Å². The Hall–Kier alpha value is -1.46. The summed E-state index contributed by atoms with van der Waals surface area (Å²) < 4.78 is 0. The number of carbonyl (C=O) groups excluding carboxylic acids is 3. The molecule has 3 atom stereocenters. The van der Waals surface area contributed by atoms with Gasteiger partial charge in [0.15, 0.2) is 0 Å². The van der Waals surface area contributed by atoms with Crippen LogP contribution in [0.5, 0.6) is 0 Å². The van der Waals surface area contributed by atoms with Crippen molar-refractivity contribution in [3.8, 4) is 0 Å². The van der Waals surface area contributed by atoms with E-state index in [1.165, 1.54) is 11.8 Å². The van der Waals surface area contributed by atoms with Crippen LogP contribution in [-0.4, -0.2) is 64.7 Å². The minimum atomic E-state index is -1.19. The summed E-state index contributed by atoms with van der Waals surface area (Å²) in [5.74, 6) is -2.85. The normalized spacial score (nSPS) is 14.4. The van der Waals surface area contributed by atoms with Crippen molar-refractivity contribution in [3.05, 3.63) is 0 Å². The number of thioether (sulfide) groups is 1. The molecule has 0 saturated heterocycles. The van der Waals surface area contributed by atoms with Gasteiger partial charge in [0.05, 0.1) is 12.5 Å². The van der Waals surface area contributed by atoms with Crippen molar-refractivity contribution in [3.63, 3.8) is 0 Å². The van der Waals surface area contributed by atoms with Crippen molar-refractivity contribution >= 4 is 48.1 Å². The molecule has 0 aliphatic rings. The van der Waals surface area contributed by atoms with Gasteiger partial charge in [0, 0.05) is 5.75 Å². The highest BCUT2D eigenvalue weighted by Crippen LogP contribution is 2.02. The lowest BCUT2D eigenvalue weighted by molar-refractivity contribution is -0.142. The SMILES string of the molecule is CSCC[C@H](NC(=O)[C@H](CS)NC(=O)[C@@H](N)CC(N)=O)C(=O)O. The largest absolute Gasteiger partial charge is 0.480 e. The molecule has 0 aliphatic heterocycles. The Labute approximate surface area is 143 Å². The number of amides is 3. The standard InChI is InChI=1S/C12H22N4O5S2/c1-23-3-2-7(12(20)21)15-11(19)8(5-22)16-10(18)6(13)4-9(14)17/h6-8,22H,2-5,13H2,1H3,(H2,14,17)(H,15,19)(H,16,18)(H,20,21)/t6-,7-,8-/m0/s1. The summed E-state index contributed by atoms with van der Waals surface area (Å²) >= 11 is 5.40. The van der Waals surface area contributed by atoms with Gasteiger partial charge >= 0.3 is 5.97 Å². The lowest BCUT2D eigenvalue weighted by Gasteiger charge is -2.21. The van der Waals surface area contributed by atoms with Crippen molar-refractivity contribution in [1.82, 2.24) is 10.6 Å². The van der Waals surface area contributed by atoms with E-state index < -0.39 is 41.8 Å². The number of carboxylic acid groups (broad SMARTS) is 1. The van der Waals surface area contributed by atoms with Crippen LogP contribution in [-0.2, 0) is 19.2 Å². The summed E-state index contributed by atoms with van der Waals surface area (Å²) in [7, 11) is 0. The van der Waals surface area contributed by atoms with Crippen molar-refractivity contribution < 1.29 is 24.3 Å². The second kappa shape index (κ2) is 11.1. The first-order valence-corrected chi connectivity index (χ1v) is 8.72. The lowest BCUT2D eigenvalue weighted by Crippen LogP contribution is -2.55. The number of nitrogens with one attached hydrogen (secondary N) is 2.